The lowest BCUT2D eigenvalue weighted by atomic mass is 10.1. The summed E-state index contributed by atoms with van der Waals surface area (Å²) < 4.78 is 40.9. The molecule has 1 aliphatic heterocycles. The van der Waals surface area contributed by atoms with Crippen molar-refractivity contribution in [2.45, 2.75) is 26.2 Å². The van der Waals surface area contributed by atoms with E-state index in [2.05, 4.69) is 33.1 Å². The maximum Gasteiger partial charge on any atom is 0.490 e. The molecule has 0 bridgehead atoms. The standard InChI is InChI=1S/C28H26N8O3.C2HF3O2/c1-2-3-14-35-23-25(32-27(35)34-15-12-31-13-16-34)33-28(39-22-11-7-6-10-21(22)24(30)37)36(26(23)38)18-20-9-5-4-8-19(20)17-29;3-2(4,5)1(6)7/h4-11,31H,12-16,18H2,1H3,(H2,30,37);(H,6,7). The quantitative estimate of drug-likeness (QED) is 0.255. The van der Waals surface area contributed by atoms with Crippen LogP contribution in [0.1, 0.15) is 28.4 Å². The van der Waals surface area contributed by atoms with Crippen molar-refractivity contribution in [1.82, 2.24) is 24.4 Å². The molecule has 4 N–H and O–H groups in total. The number of nitrogens with zero attached hydrogens (tertiary/aromatic N) is 6. The van der Waals surface area contributed by atoms with Crippen LogP contribution in [0.5, 0.6) is 11.8 Å². The molecule has 0 spiro atoms. The van der Waals surface area contributed by atoms with Crippen LogP contribution >= 0.6 is 0 Å². The van der Waals surface area contributed by atoms with Gasteiger partial charge in [0.15, 0.2) is 11.2 Å². The number of nitrogens with two attached hydrogens (primary N) is 1. The Balaban J connectivity index is 0.000000617. The molecule has 0 aliphatic carbocycles. The number of hydrogen-bond donors (Lipinski definition) is 3. The Morgan fingerprint density at radius 3 is 2.37 bits per heavy atom. The summed E-state index contributed by atoms with van der Waals surface area (Å²) >= 11 is 0. The number of rotatable bonds is 7. The Labute approximate surface area is 259 Å². The van der Waals surface area contributed by atoms with Crippen LogP contribution in [-0.2, 0) is 17.9 Å². The van der Waals surface area contributed by atoms with Crippen LogP contribution in [-0.4, -0.2) is 68.4 Å². The molecule has 0 radical (unpaired) electrons. The van der Waals surface area contributed by atoms with Gasteiger partial charge in [-0.25, -0.2) is 4.79 Å². The molecule has 2 aromatic heterocycles. The number of piperazine rings is 1. The number of carboxylic acid groups (broad SMARTS) is 1. The number of aliphatic carboxylic acids is 1. The van der Waals surface area contributed by atoms with E-state index in [1.54, 1.807) is 54.0 Å². The van der Waals surface area contributed by atoms with Crippen LogP contribution in [0.15, 0.2) is 53.3 Å². The SMILES string of the molecule is CC#CCn1c(N2CCNCC2)nc2nc(Oc3ccccc3C(N)=O)n(Cc3ccccc3C#N)c(=O)c21.O=C(O)C(F)(F)F. The van der Waals surface area contributed by atoms with Gasteiger partial charge in [0, 0.05) is 26.2 Å². The number of aromatic nitrogens is 4. The Morgan fingerprint density at radius 1 is 1.09 bits per heavy atom. The lowest BCUT2D eigenvalue weighted by molar-refractivity contribution is -0.192. The number of alkyl halides is 3. The Kier molecular flexibility index (Phi) is 10.3. The summed E-state index contributed by atoms with van der Waals surface area (Å²) in [5, 5.41) is 20.1. The van der Waals surface area contributed by atoms with E-state index in [4.69, 9.17) is 25.4 Å². The smallest absolute Gasteiger partial charge is 0.475 e. The molecule has 3 heterocycles. The molecule has 2 aromatic carbocycles. The summed E-state index contributed by atoms with van der Waals surface area (Å²) in [6.07, 6.45) is -5.08. The molecular formula is C30H27F3N8O5. The monoisotopic (exact) mass is 636 g/mol. The van der Waals surface area contributed by atoms with Gasteiger partial charge >= 0.3 is 18.2 Å². The zero-order valence-electron chi connectivity index (χ0n) is 24.3. The number of carbonyl (C=O) groups is 2. The van der Waals surface area contributed by atoms with Crippen LogP contribution in [0.4, 0.5) is 19.1 Å². The second kappa shape index (κ2) is 14.3. The highest BCUT2D eigenvalue weighted by Crippen LogP contribution is 2.27. The first-order valence-corrected chi connectivity index (χ1v) is 13.7. The number of amides is 1. The number of carbonyl (C=O) groups excluding carboxylic acids is 1. The molecule has 46 heavy (non-hydrogen) atoms. The van der Waals surface area contributed by atoms with Crippen LogP contribution in [0.2, 0.25) is 0 Å². The van der Waals surface area contributed by atoms with E-state index >= 15 is 0 Å². The van der Waals surface area contributed by atoms with Gasteiger partial charge in [0.25, 0.3) is 11.5 Å². The van der Waals surface area contributed by atoms with Crippen molar-refractivity contribution in [3.05, 3.63) is 75.6 Å². The normalized spacial score (nSPS) is 12.7. The number of primary amides is 1. The number of nitrogens with one attached hydrogen (secondary N) is 1. The predicted octanol–water partition coefficient (Wildman–Crippen LogP) is 2.47. The first-order valence-electron chi connectivity index (χ1n) is 13.7. The van der Waals surface area contributed by atoms with Gasteiger partial charge in [0.05, 0.1) is 30.3 Å². The molecular weight excluding hydrogens is 609 g/mol. The minimum Gasteiger partial charge on any atom is -0.475 e. The number of nitriles is 1. The Morgan fingerprint density at radius 2 is 1.74 bits per heavy atom. The molecule has 0 unspecified atom stereocenters. The van der Waals surface area contributed by atoms with E-state index in [0.717, 1.165) is 13.1 Å². The van der Waals surface area contributed by atoms with Crippen LogP contribution in [0.3, 0.4) is 0 Å². The number of imidazole rings is 1. The van der Waals surface area contributed by atoms with Gasteiger partial charge in [-0.2, -0.15) is 28.4 Å². The molecule has 1 amide bonds. The number of para-hydroxylation sites is 1. The van der Waals surface area contributed by atoms with Gasteiger partial charge in [0.2, 0.25) is 5.95 Å². The van der Waals surface area contributed by atoms with Crippen LogP contribution < -0.4 is 26.2 Å². The largest absolute Gasteiger partial charge is 0.490 e. The summed E-state index contributed by atoms with van der Waals surface area (Å²) in [5.41, 5.74) is 6.78. The van der Waals surface area contributed by atoms with Gasteiger partial charge in [0.1, 0.15) is 5.75 Å². The molecule has 4 aromatic rings. The maximum absolute atomic E-state index is 14.2. The van der Waals surface area contributed by atoms with Gasteiger partial charge < -0.3 is 25.8 Å². The maximum atomic E-state index is 14.2. The van der Waals surface area contributed by atoms with Crippen molar-refractivity contribution in [1.29, 1.82) is 5.26 Å². The van der Waals surface area contributed by atoms with Crippen molar-refractivity contribution in [3.63, 3.8) is 0 Å². The third kappa shape index (κ3) is 7.43. The number of fused-ring (bicyclic) bond motifs is 1. The number of carboxylic acids is 1. The first-order chi connectivity index (χ1) is 22.0. The molecule has 238 valence electrons. The summed E-state index contributed by atoms with van der Waals surface area (Å²) in [7, 11) is 0. The van der Waals surface area contributed by atoms with Crippen molar-refractivity contribution < 1.29 is 32.6 Å². The van der Waals surface area contributed by atoms with E-state index in [1.807, 2.05) is 0 Å². The number of ether oxygens (including phenoxy) is 1. The molecule has 1 saturated heterocycles. The van der Waals surface area contributed by atoms with Gasteiger partial charge in [-0.1, -0.05) is 36.3 Å². The summed E-state index contributed by atoms with van der Waals surface area (Å²) in [4.78, 5) is 46.6. The van der Waals surface area contributed by atoms with Gasteiger partial charge in [-0.3, -0.25) is 18.7 Å². The molecule has 5 rings (SSSR count). The van der Waals surface area contributed by atoms with Gasteiger partial charge in [-0.15, -0.1) is 5.92 Å². The van der Waals surface area contributed by atoms with Crippen molar-refractivity contribution in [3.8, 4) is 29.7 Å². The average Bonchev–Trinajstić information content (AvgIpc) is 3.40. The zero-order valence-corrected chi connectivity index (χ0v) is 24.3. The Hall–Kier alpha value is -5.87. The molecule has 13 nitrogen and oxygen atoms in total. The highest BCUT2D eigenvalue weighted by atomic mass is 19.4. The fourth-order valence-corrected chi connectivity index (χ4v) is 4.51. The van der Waals surface area contributed by atoms with E-state index in [1.165, 1.54) is 10.6 Å². The van der Waals surface area contributed by atoms with E-state index in [9.17, 15) is 28.0 Å². The fourth-order valence-electron chi connectivity index (χ4n) is 4.51. The van der Waals surface area contributed by atoms with Crippen molar-refractivity contribution >= 4 is 29.0 Å². The second-order valence-electron chi connectivity index (χ2n) is 9.65. The molecule has 16 heteroatoms. The molecule has 0 saturated carbocycles. The van der Waals surface area contributed by atoms with Crippen LogP contribution in [0, 0.1) is 23.2 Å². The van der Waals surface area contributed by atoms with Crippen molar-refractivity contribution in [2.75, 3.05) is 31.1 Å². The lowest BCUT2D eigenvalue weighted by Gasteiger charge is -2.28. The Bertz CT molecular complexity index is 1930. The highest BCUT2D eigenvalue weighted by Gasteiger charge is 2.38. The second-order valence-corrected chi connectivity index (χ2v) is 9.65. The van der Waals surface area contributed by atoms with Gasteiger partial charge in [-0.05, 0) is 30.7 Å². The van der Waals surface area contributed by atoms with E-state index in [-0.39, 0.29) is 41.6 Å². The summed E-state index contributed by atoms with van der Waals surface area (Å²) in [6.45, 7) is 4.98. The van der Waals surface area contributed by atoms with Crippen molar-refractivity contribution in [2.24, 2.45) is 5.73 Å². The highest BCUT2D eigenvalue weighted by molar-refractivity contribution is 5.95. The predicted molar refractivity (Wildman–Crippen MR) is 159 cm³/mol. The van der Waals surface area contributed by atoms with E-state index in [0.29, 0.717) is 30.2 Å². The average molecular weight is 637 g/mol. The number of halogens is 3. The first kappa shape index (κ1) is 33.0. The van der Waals surface area contributed by atoms with Crippen LogP contribution in [0.25, 0.3) is 11.2 Å². The number of anilines is 1. The minimum atomic E-state index is -5.08. The third-order valence-electron chi connectivity index (χ3n) is 6.69. The third-order valence-corrected chi connectivity index (χ3v) is 6.69. The fraction of sp³-hybridized carbons (Fsp3) is 0.267. The topological polar surface area (TPSA) is 181 Å². The molecule has 0 atom stereocenters. The van der Waals surface area contributed by atoms with E-state index < -0.39 is 23.6 Å². The number of hydrogen-bond acceptors (Lipinski definition) is 9. The zero-order chi connectivity index (χ0) is 33.4. The lowest BCUT2D eigenvalue weighted by Crippen LogP contribution is -2.44. The summed E-state index contributed by atoms with van der Waals surface area (Å²) in [6, 6.07) is 15.5. The molecule has 1 aliphatic rings. The summed E-state index contributed by atoms with van der Waals surface area (Å²) in [5.74, 6) is 3.23. The molecule has 1 fully saturated rings. The minimum absolute atomic E-state index is 0.00713. The number of benzene rings is 2.